The van der Waals surface area contributed by atoms with Crippen LogP contribution in [-0.4, -0.2) is 36.5 Å². The van der Waals surface area contributed by atoms with Crippen LogP contribution in [0.2, 0.25) is 0 Å². The molecule has 1 N–H and O–H groups in total. The number of amides is 1. The van der Waals surface area contributed by atoms with Gasteiger partial charge in [0.05, 0.1) is 5.41 Å². The molecule has 2 aliphatic rings. The Bertz CT molecular complexity index is 533. The van der Waals surface area contributed by atoms with Crippen LogP contribution in [0.1, 0.15) is 51.0 Å². The SMILES string of the molecule is CC[C@H](CN1CCCCC1)NC(=O)C1(c2ccc(F)cc2)CC1. The molecule has 1 atom stereocenters. The van der Waals surface area contributed by atoms with E-state index in [9.17, 15) is 9.18 Å². The van der Waals surface area contributed by atoms with Crippen molar-refractivity contribution in [3.8, 4) is 0 Å². The highest BCUT2D eigenvalue weighted by Crippen LogP contribution is 2.48. The lowest BCUT2D eigenvalue weighted by Crippen LogP contribution is -2.48. The second-order valence-corrected chi connectivity index (χ2v) is 7.03. The number of halogens is 1. The van der Waals surface area contributed by atoms with Gasteiger partial charge in [-0.3, -0.25) is 4.79 Å². The van der Waals surface area contributed by atoms with Crippen LogP contribution in [0.4, 0.5) is 4.39 Å². The molecular weight excluding hydrogens is 291 g/mol. The van der Waals surface area contributed by atoms with Gasteiger partial charge in [0.1, 0.15) is 5.82 Å². The van der Waals surface area contributed by atoms with Crippen molar-refractivity contribution >= 4 is 5.91 Å². The molecule has 1 aliphatic carbocycles. The first-order chi connectivity index (χ1) is 11.1. The molecule has 1 aromatic rings. The van der Waals surface area contributed by atoms with Gasteiger partial charge in [-0.25, -0.2) is 4.39 Å². The van der Waals surface area contributed by atoms with Crippen LogP contribution < -0.4 is 5.32 Å². The Hall–Kier alpha value is -1.42. The van der Waals surface area contributed by atoms with Crippen molar-refractivity contribution in [3.63, 3.8) is 0 Å². The number of piperidine rings is 1. The Morgan fingerprint density at radius 1 is 1.22 bits per heavy atom. The summed E-state index contributed by atoms with van der Waals surface area (Å²) in [4.78, 5) is 15.3. The first-order valence-corrected chi connectivity index (χ1v) is 8.93. The van der Waals surface area contributed by atoms with E-state index in [0.29, 0.717) is 0 Å². The molecule has 0 unspecified atom stereocenters. The summed E-state index contributed by atoms with van der Waals surface area (Å²) < 4.78 is 13.1. The van der Waals surface area contributed by atoms with Crippen LogP contribution in [0.3, 0.4) is 0 Å². The Kier molecular flexibility index (Phi) is 5.00. The van der Waals surface area contributed by atoms with Crippen LogP contribution in [0.15, 0.2) is 24.3 Å². The van der Waals surface area contributed by atoms with E-state index in [2.05, 4.69) is 17.1 Å². The Morgan fingerprint density at radius 3 is 2.43 bits per heavy atom. The van der Waals surface area contributed by atoms with Crippen LogP contribution >= 0.6 is 0 Å². The normalized spacial score (nSPS) is 21.7. The van der Waals surface area contributed by atoms with Crippen LogP contribution in [0, 0.1) is 5.82 Å². The Morgan fingerprint density at radius 2 is 1.87 bits per heavy atom. The standard InChI is InChI=1S/C19H27FN2O/c1-2-17(14-22-12-4-3-5-13-22)21-18(23)19(10-11-19)15-6-8-16(20)9-7-15/h6-9,17H,2-5,10-14H2,1H3,(H,21,23)/t17-/m1/s1. The second-order valence-electron chi connectivity index (χ2n) is 7.03. The number of hydrogen-bond acceptors (Lipinski definition) is 2. The monoisotopic (exact) mass is 318 g/mol. The quantitative estimate of drug-likeness (QED) is 0.873. The van der Waals surface area contributed by atoms with Gasteiger partial charge in [-0.05, 0) is 62.9 Å². The third-order valence-corrected chi connectivity index (χ3v) is 5.34. The van der Waals surface area contributed by atoms with Gasteiger partial charge in [-0.15, -0.1) is 0 Å². The van der Waals surface area contributed by atoms with Gasteiger partial charge in [0.15, 0.2) is 0 Å². The van der Waals surface area contributed by atoms with E-state index < -0.39 is 5.41 Å². The maximum Gasteiger partial charge on any atom is 0.230 e. The van der Waals surface area contributed by atoms with Crippen molar-refractivity contribution in [1.29, 1.82) is 0 Å². The van der Waals surface area contributed by atoms with Gasteiger partial charge in [0, 0.05) is 12.6 Å². The molecule has 1 heterocycles. The fraction of sp³-hybridized carbons (Fsp3) is 0.632. The largest absolute Gasteiger partial charge is 0.351 e. The molecule has 0 spiro atoms. The maximum absolute atomic E-state index is 13.1. The summed E-state index contributed by atoms with van der Waals surface area (Å²) in [7, 11) is 0. The molecule has 4 heteroatoms. The van der Waals surface area contributed by atoms with Crippen molar-refractivity contribution in [1.82, 2.24) is 10.2 Å². The van der Waals surface area contributed by atoms with Crippen LogP contribution in [-0.2, 0) is 10.2 Å². The predicted molar refractivity (Wildman–Crippen MR) is 89.8 cm³/mol. The summed E-state index contributed by atoms with van der Waals surface area (Å²) in [6.45, 7) is 5.37. The third-order valence-electron chi connectivity index (χ3n) is 5.34. The summed E-state index contributed by atoms with van der Waals surface area (Å²) in [5.41, 5.74) is 0.535. The fourth-order valence-corrected chi connectivity index (χ4v) is 3.59. The summed E-state index contributed by atoms with van der Waals surface area (Å²) in [6.07, 6.45) is 6.54. The summed E-state index contributed by atoms with van der Waals surface area (Å²) in [6, 6.07) is 6.63. The second kappa shape index (κ2) is 7.00. The Labute approximate surface area is 138 Å². The van der Waals surface area contributed by atoms with Crippen molar-refractivity contribution in [2.75, 3.05) is 19.6 Å². The minimum absolute atomic E-state index is 0.118. The van der Waals surface area contributed by atoms with Gasteiger partial charge < -0.3 is 10.2 Å². The van der Waals surface area contributed by atoms with E-state index in [1.54, 1.807) is 12.1 Å². The average Bonchev–Trinajstić information content (AvgIpc) is 3.37. The van der Waals surface area contributed by atoms with Gasteiger partial charge in [0.25, 0.3) is 0 Å². The number of carbonyl (C=O) groups is 1. The molecule has 2 fully saturated rings. The number of nitrogens with one attached hydrogen (secondary N) is 1. The van der Waals surface area contributed by atoms with Gasteiger partial charge in [-0.2, -0.15) is 0 Å². The molecule has 1 saturated carbocycles. The van der Waals surface area contributed by atoms with Crippen molar-refractivity contribution in [3.05, 3.63) is 35.6 Å². The summed E-state index contributed by atoms with van der Waals surface area (Å²) in [5.74, 6) is -0.130. The lowest BCUT2D eigenvalue weighted by molar-refractivity contribution is -0.124. The molecule has 0 aromatic heterocycles. The number of hydrogen-bond donors (Lipinski definition) is 1. The lowest BCUT2D eigenvalue weighted by Gasteiger charge is -2.31. The smallest absolute Gasteiger partial charge is 0.230 e. The summed E-state index contributed by atoms with van der Waals surface area (Å²) in [5, 5.41) is 3.26. The number of likely N-dealkylation sites (tertiary alicyclic amines) is 1. The lowest BCUT2D eigenvalue weighted by atomic mass is 9.94. The van der Waals surface area contributed by atoms with E-state index >= 15 is 0 Å². The van der Waals surface area contributed by atoms with Crippen molar-refractivity contribution < 1.29 is 9.18 Å². The average molecular weight is 318 g/mol. The topological polar surface area (TPSA) is 32.3 Å². The first-order valence-electron chi connectivity index (χ1n) is 8.93. The molecular formula is C19H27FN2O. The fourth-order valence-electron chi connectivity index (χ4n) is 3.59. The molecule has 3 rings (SSSR count). The highest BCUT2D eigenvalue weighted by molar-refractivity contribution is 5.91. The molecule has 1 aliphatic heterocycles. The van der Waals surface area contributed by atoms with Crippen LogP contribution in [0.5, 0.6) is 0 Å². The minimum Gasteiger partial charge on any atom is -0.351 e. The van der Waals surface area contributed by atoms with E-state index in [1.165, 1.54) is 31.4 Å². The molecule has 1 aromatic carbocycles. The molecule has 1 saturated heterocycles. The molecule has 126 valence electrons. The van der Waals surface area contributed by atoms with E-state index in [0.717, 1.165) is 44.5 Å². The zero-order valence-electron chi connectivity index (χ0n) is 14.0. The summed E-state index contributed by atoms with van der Waals surface area (Å²) >= 11 is 0. The number of rotatable bonds is 6. The number of benzene rings is 1. The van der Waals surface area contributed by atoms with Gasteiger partial charge in [0.2, 0.25) is 5.91 Å². The van der Waals surface area contributed by atoms with E-state index in [-0.39, 0.29) is 17.8 Å². The van der Waals surface area contributed by atoms with E-state index in [1.807, 2.05) is 0 Å². The number of carbonyl (C=O) groups excluding carboxylic acids is 1. The van der Waals surface area contributed by atoms with Crippen molar-refractivity contribution in [2.24, 2.45) is 0 Å². The zero-order chi connectivity index (χ0) is 16.3. The highest BCUT2D eigenvalue weighted by atomic mass is 19.1. The first kappa shape index (κ1) is 16.4. The minimum atomic E-state index is -0.414. The van der Waals surface area contributed by atoms with Crippen molar-refractivity contribution in [2.45, 2.75) is 56.9 Å². The molecule has 0 radical (unpaired) electrons. The molecule has 3 nitrogen and oxygen atoms in total. The number of nitrogens with zero attached hydrogens (tertiary/aromatic N) is 1. The molecule has 23 heavy (non-hydrogen) atoms. The third kappa shape index (κ3) is 3.74. The van der Waals surface area contributed by atoms with Gasteiger partial charge >= 0.3 is 0 Å². The highest BCUT2D eigenvalue weighted by Gasteiger charge is 2.51. The van der Waals surface area contributed by atoms with Crippen LogP contribution in [0.25, 0.3) is 0 Å². The Balaban J connectivity index is 1.61. The van der Waals surface area contributed by atoms with Gasteiger partial charge in [-0.1, -0.05) is 25.5 Å². The molecule has 1 amide bonds. The predicted octanol–water partition coefficient (Wildman–Crippen LogP) is 3.24. The molecule has 0 bridgehead atoms. The van der Waals surface area contributed by atoms with E-state index in [4.69, 9.17) is 0 Å². The zero-order valence-corrected chi connectivity index (χ0v) is 14.0. The maximum atomic E-state index is 13.1.